The second-order valence-electron chi connectivity index (χ2n) is 22.0. The highest BCUT2D eigenvalue weighted by atomic mass is 28.4. The predicted molar refractivity (Wildman–Crippen MR) is 295 cm³/mol. The van der Waals surface area contributed by atoms with Crippen molar-refractivity contribution in [2.24, 2.45) is 0 Å². The van der Waals surface area contributed by atoms with E-state index >= 15 is 0 Å². The van der Waals surface area contributed by atoms with Crippen LogP contribution < -0.4 is 20.7 Å². The van der Waals surface area contributed by atoms with Crippen LogP contribution in [0.1, 0.15) is 71.1 Å². The standard InChI is InChI=1S/C62H72O5Si3/c1-60(2,3)69(51-37-22-12-23-38-51,52-39-24-13-25-40-52)66-58-56(47-63-62(48-31-16-9-17-32-48,49-33-18-10-19-34-49)50-35-20-11-21-36-50)64-55-45-30-46-68(7,8)65-57(55)59(58)67-70(61(4,5)6,53-41-26-14-27-42-53)54-43-28-15-29-44-54/h9-29,31-44,55-59H,30,45-47H2,1-8H3/t55-,56-,57+,58-,59-/m1/s1. The van der Waals surface area contributed by atoms with Crippen molar-refractivity contribution in [2.45, 2.75) is 120 Å². The van der Waals surface area contributed by atoms with Crippen molar-refractivity contribution in [1.29, 1.82) is 0 Å². The van der Waals surface area contributed by atoms with E-state index in [1.54, 1.807) is 0 Å². The Bertz CT molecular complexity index is 2540. The Balaban J connectivity index is 1.32. The Morgan fingerprint density at radius 2 is 0.800 bits per heavy atom. The quantitative estimate of drug-likeness (QED) is 0.0803. The first kappa shape index (κ1) is 50.0. The lowest BCUT2D eigenvalue weighted by Crippen LogP contribution is -2.76. The van der Waals surface area contributed by atoms with Crippen molar-refractivity contribution in [2.75, 3.05) is 6.61 Å². The summed E-state index contributed by atoms with van der Waals surface area (Å²) in [5.41, 5.74) is 2.12. The lowest BCUT2D eigenvalue weighted by molar-refractivity contribution is -0.224. The molecule has 0 amide bonds. The Labute approximate surface area is 421 Å². The van der Waals surface area contributed by atoms with Crippen molar-refractivity contribution < 1.29 is 22.8 Å². The molecule has 8 heteroatoms. The van der Waals surface area contributed by atoms with E-state index in [1.807, 2.05) is 0 Å². The zero-order valence-electron chi connectivity index (χ0n) is 42.5. The van der Waals surface area contributed by atoms with E-state index in [-0.39, 0.29) is 22.8 Å². The van der Waals surface area contributed by atoms with Gasteiger partial charge in [0.05, 0.1) is 18.8 Å². The van der Waals surface area contributed by atoms with Gasteiger partial charge in [-0.25, -0.2) is 0 Å². The van der Waals surface area contributed by atoms with E-state index in [4.69, 9.17) is 22.8 Å². The van der Waals surface area contributed by atoms with Crippen molar-refractivity contribution in [3.8, 4) is 0 Å². The molecule has 0 aromatic heterocycles. The maximum Gasteiger partial charge on any atom is 0.261 e. The van der Waals surface area contributed by atoms with Crippen LogP contribution in [0.4, 0.5) is 0 Å². The summed E-state index contributed by atoms with van der Waals surface area (Å²) in [6.45, 7) is 19.1. The molecule has 362 valence electrons. The van der Waals surface area contributed by atoms with Gasteiger partial charge in [-0.1, -0.05) is 260 Å². The number of fused-ring (bicyclic) bond motifs is 1. The Morgan fingerprint density at radius 3 is 1.14 bits per heavy atom. The average molecular weight is 982 g/mol. The summed E-state index contributed by atoms with van der Waals surface area (Å²) in [4.78, 5) is 0. The molecule has 0 N–H and O–H groups in total. The van der Waals surface area contributed by atoms with Crippen LogP contribution in [0.3, 0.4) is 0 Å². The molecule has 0 bridgehead atoms. The molecule has 0 spiro atoms. The molecule has 0 saturated carbocycles. The molecule has 7 aromatic rings. The third-order valence-electron chi connectivity index (χ3n) is 14.9. The minimum Gasteiger partial charge on any atom is -0.409 e. The molecular weight excluding hydrogens is 909 g/mol. The van der Waals surface area contributed by atoms with E-state index in [9.17, 15) is 0 Å². The van der Waals surface area contributed by atoms with Gasteiger partial charge in [0.25, 0.3) is 16.6 Å². The summed E-state index contributed by atoms with van der Waals surface area (Å²) in [5, 5.41) is 4.16. The molecule has 5 nitrogen and oxygen atoms in total. The maximum absolute atomic E-state index is 8.59. The van der Waals surface area contributed by atoms with Gasteiger partial charge in [-0.05, 0) is 73.1 Å². The van der Waals surface area contributed by atoms with E-state index in [0.717, 1.165) is 35.6 Å². The van der Waals surface area contributed by atoms with Crippen LogP contribution in [0, 0.1) is 0 Å². The molecule has 2 aliphatic rings. The molecule has 2 saturated heterocycles. The van der Waals surface area contributed by atoms with E-state index in [2.05, 4.69) is 267 Å². The molecule has 0 unspecified atom stereocenters. The average Bonchev–Trinajstić information content (AvgIpc) is 3.53. The molecule has 70 heavy (non-hydrogen) atoms. The summed E-state index contributed by atoms with van der Waals surface area (Å²) >= 11 is 0. The molecule has 2 heterocycles. The van der Waals surface area contributed by atoms with Crippen LogP contribution in [0.15, 0.2) is 212 Å². The molecule has 9 rings (SSSR count). The lowest BCUT2D eigenvalue weighted by atomic mass is 9.80. The smallest absolute Gasteiger partial charge is 0.261 e. The number of benzene rings is 7. The van der Waals surface area contributed by atoms with Crippen molar-refractivity contribution >= 4 is 45.7 Å². The maximum atomic E-state index is 8.59. The fourth-order valence-electron chi connectivity index (χ4n) is 11.7. The first-order valence-corrected chi connectivity index (χ1v) is 32.3. The second kappa shape index (κ2) is 20.6. The van der Waals surface area contributed by atoms with Crippen molar-refractivity contribution in [1.82, 2.24) is 0 Å². The highest BCUT2D eigenvalue weighted by Gasteiger charge is 2.61. The first-order chi connectivity index (χ1) is 33.7. The highest BCUT2D eigenvalue weighted by molar-refractivity contribution is 7.00. The SMILES string of the molecule is CC(C)(C)[Si](O[C@@H]1[C@H]2O[Si](C)(C)CCC[C@H]2O[C@H](COC(c2ccccc2)(c2ccccc2)c2ccccc2)[C@H]1O[Si](c1ccccc1)(c1ccccc1)C(C)(C)C)(c1ccccc1)c1ccccc1. The summed E-state index contributed by atoms with van der Waals surface area (Å²) in [6, 6.07) is 77.1. The van der Waals surface area contributed by atoms with Crippen LogP contribution in [0.25, 0.3) is 0 Å². The molecular formula is C62H72O5Si3. The molecule has 7 aromatic carbocycles. The van der Waals surface area contributed by atoms with Crippen LogP contribution in [-0.2, 0) is 28.4 Å². The second-order valence-corrected chi connectivity index (χ2v) is 34.8. The van der Waals surface area contributed by atoms with E-state index in [0.29, 0.717) is 0 Å². The topological polar surface area (TPSA) is 46.2 Å². The first-order valence-electron chi connectivity index (χ1n) is 25.4. The molecule has 0 aliphatic carbocycles. The molecule has 0 radical (unpaired) electrons. The normalized spacial score (nSPS) is 21.1. The number of ether oxygens (including phenoxy) is 2. The lowest BCUT2D eigenvalue weighted by Gasteiger charge is -2.55. The van der Waals surface area contributed by atoms with Gasteiger partial charge in [-0.3, -0.25) is 0 Å². The Hall–Kier alpha value is -5.01. The minimum absolute atomic E-state index is 0.214. The van der Waals surface area contributed by atoms with E-state index < -0.39 is 55.0 Å². The number of hydrogen-bond acceptors (Lipinski definition) is 5. The van der Waals surface area contributed by atoms with Gasteiger partial charge in [-0.15, -0.1) is 0 Å². The third kappa shape index (κ3) is 9.58. The Morgan fingerprint density at radius 1 is 0.471 bits per heavy atom. The van der Waals surface area contributed by atoms with Crippen molar-refractivity contribution in [3.05, 3.63) is 229 Å². The van der Waals surface area contributed by atoms with Gasteiger partial charge in [0, 0.05) is 0 Å². The van der Waals surface area contributed by atoms with Gasteiger partial charge in [-0.2, -0.15) is 0 Å². The highest BCUT2D eigenvalue weighted by Crippen LogP contribution is 2.47. The van der Waals surface area contributed by atoms with Crippen LogP contribution in [0.2, 0.25) is 29.2 Å². The summed E-state index contributed by atoms with van der Waals surface area (Å²) in [6.07, 6.45) is -0.556. The summed E-state index contributed by atoms with van der Waals surface area (Å²) in [5.74, 6) is 0. The minimum atomic E-state index is -3.32. The number of rotatable bonds is 14. The monoisotopic (exact) mass is 980 g/mol. The van der Waals surface area contributed by atoms with Crippen LogP contribution in [0.5, 0.6) is 0 Å². The fourth-order valence-corrected chi connectivity index (χ4v) is 23.3. The number of hydrogen-bond donors (Lipinski definition) is 0. The largest absolute Gasteiger partial charge is 0.409 e. The van der Waals surface area contributed by atoms with Gasteiger partial charge < -0.3 is 22.8 Å². The third-order valence-corrected chi connectivity index (χ3v) is 27.4. The van der Waals surface area contributed by atoms with Crippen molar-refractivity contribution in [3.63, 3.8) is 0 Å². The zero-order chi connectivity index (χ0) is 49.0. The molecule has 2 fully saturated rings. The Kier molecular flexibility index (Phi) is 14.7. The summed E-state index contributed by atoms with van der Waals surface area (Å²) < 4.78 is 40.5. The molecule has 2 aliphatic heterocycles. The predicted octanol–water partition coefficient (Wildman–Crippen LogP) is 12.0. The van der Waals surface area contributed by atoms with Gasteiger partial charge in [0.15, 0.2) is 8.32 Å². The molecule has 5 atom stereocenters. The van der Waals surface area contributed by atoms with E-state index in [1.165, 1.54) is 20.7 Å². The van der Waals surface area contributed by atoms with Gasteiger partial charge in [0.1, 0.15) is 23.9 Å². The zero-order valence-corrected chi connectivity index (χ0v) is 45.5. The van der Waals surface area contributed by atoms with Gasteiger partial charge in [0.2, 0.25) is 0 Å². The van der Waals surface area contributed by atoms with Gasteiger partial charge >= 0.3 is 0 Å². The van der Waals surface area contributed by atoms with Crippen LogP contribution >= 0.6 is 0 Å². The fraction of sp³-hybridized carbons (Fsp3) is 0.323. The van der Waals surface area contributed by atoms with Crippen LogP contribution in [-0.4, -0.2) is 62.1 Å². The summed E-state index contributed by atoms with van der Waals surface area (Å²) in [7, 11) is -8.83.